The van der Waals surface area contributed by atoms with Gasteiger partial charge in [0.25, 0.3) is 11.6 Å². The summed E-state index contributed by atoms with van der Waals surface area (Å²) in [5.74, 6) is -0.0786. The highest BCUT2D eigenvalue weighted by Crippen LogP contribution is 2.45. The third kappa shape index (κ3) is 10.6. The van der Waals surface area contributed by atoms with E-state index in [-0.39, 0.29) is 11.8 Å². The topological polar surface area (TPSA) is 94.5 Å². The Hall–Kier alpha value is -3.20. The normalized spacial score (nSPS) is 12.1. The minimum absolute atomic E-state index is 0.211. The first-order valence-electron chi connectivity index (χ1n) is 19.0. The summed E-state index contributed by atoms with van der Waals surface area (Å²) in [6, 6.07) is 19.4. The third-order valence-electron chi connectivity index (χ3n) is 9.79. The Morgan fingerprint density at radius 2 is 0.889 bits per heavy atom. The summed E-state index contributed by atoms with van der Waals surface area (Å²) < 4.78 is 39.2. The molecule has 7 nitrogen and oxygen atoms in total. The lowest BCUT2D eigenvalue weighted by Crippen LogP contribution is -2.39. The number of phenols is 2. The number of ether oxygens (including phenoxy) is 2. The maximum absolute atomic E-state index is 13.8. The molecule has 4 rings (SSSR count). The first kappa shape index (κ1) is 43.5. The van der Waals surface area contributed by atoms with Crippen molar-refractivity contribution in [2.75, 3.05) is 0 Å². The molecular formula is C44H58O7PS2+. The molecule has 0 aliphatic carbocycles. The fourth-order valence-corrected chi connectivity index (χ4v) is 9.58. The highest BCUT2D eigenvalue weighted by molar-refractivity contribution is 7.99. The number of aromatic hydroxyl groups is 2. The zero-order valence-corrected chi connectivity index (χ0v) is 36.5. The van der Waals surface area contributed by atoms with Crippen molar-refractivity contribution in [2.24, 2.45) is 0 Å². The van der Waals surface area contributed by atoms with Crippen LogP contribution in [-0.4, -0.2) is 21.8 Å². The molecule has 0 aromatic heterocycles. The maximum atomic E-state index is 13.8. The van der Waals surface area contributed by atoms with Crippen LogP contribution in [0.25, 0.3) is 0 Å². The van der Waals surface area contributed by atoms with E-state index in [0.29, 0.717) is 48.7 Å². The molecule has 54 heavy (non-hydrogen) atoms. The number of rotatable bonds is 18. The lowest BCUT2D eigenvalue weighted by Gasteiger charge is -2.29. The van der Waals surface area contributed by atoms with E-state index in [0.717, 1.165) is 53.0 Å². The summed E-state index contributed by atoms with van der Waals surface area (Å²) in [7, 11) is -2.65. The van der Waals surface area contributed by atoms with Crippen LogP contribution >= 0.6 is 31.8 Å². The molecule has 0 aliphatic rings. The first-order valence-corrected chi connectivity index (χ1v) is 21.7. The van der Waals surface area contributed by atoms with E-state index in [1.54, 1.807) is 35.7 Å². The quantitative estimate of drug-likeness (QED) is 0.0754. The van der Waals surface area contributed by atoms with Crippen LogP contribution in [0.15, 0.2) is 80.2 Å². The summed E-state index contributed by atoms with van der Waals surface area (Å²) in [4.78, 5) is 4.33. The van der Waals surface area contributed by atoms with Crippen molar-refractivity contribution in [1.29, 1.82) is 0 Å². The summed E-state index contributed by atoms with van der Waals surface area (Å²) in [5.41, 5.74) is 6.00. The fourth-order valence-electron chi connectivity index (χ4n) is 6.42. The van der Waals surface area contributed by atoms with Crippen molar-refractivity contribution in [3.05, 3.63) is 94.0 Å². The average molecular weight is 794 g/mol. The molecule has 0 atom stereocenters. The molecule has 0 heterocycles. The minimum atomic E-state index is -2.65. The van der Waals surface area contributed by atoms with Gasteiger partial charge in [0.05, 0.1) is 0 Å². The largest absolute Gasteiger partial charge is 0.705 e. The van der Waals surface area contributed by atoms with E-state index in [1.807, 2.05) is 76.2 Å². The lowest BCUT2D eigenvalue weighted by molar-refractivity contribution is -0.155. The molecule has 0 saturated carbocycles. The van der Waals surface area contributed by atoms with Crippen molar-refractivity contribution in [2.45, 2.75) is 152 Å². The standard InChI is InChI=1S/C44H57O7PS2/c1-13-43(14-2,48-33-21-29(9)41(30(10)22-33)53-35-17-19-39(45)37(25-35)27(5)6)50-52(47)51-44(15-3,16-4)49-34-23-31(11)42(32(12)24-34)54-36-18-20-40(46)38(26-36)28(7)8/h17-28H,13-16H2,1-12H3,(H-,45,46)/p+1. The summed E-state index contributed by atoms with van der Waals surface area (Å²) >= 11 is 3.32. The van der Waals surface area contributed by atoms with Gasteiger partial charge in [-0.25, -0.2) is 0 Å². The lowest BCUT2D eigenvalue weighted by atomic mass is 10.0. The van der Waals surface area contributed by atoms with Crippen molar-refractivity contribution in [1.82, 2.24) is 0 Å². The van der Waals surface area contributed by atoms with Crippen LogP contribution in [0.5, 0.6) is 23.0 Å². The summed E-state index contributed by atoms with van der Waals surface area (Å²) in [5, 5.41) is 20.6. The Morgan fingerprint density at radius 1 is 0.574 bits per heavy atom. The van der Waals surface area contributed by atoms with Gasteiger partial charge in [0.15, 0.2) is 0 Å². The molecule has 10 heteroatoms. The Bertz CT molecular complexity index is 1750. The van der Waals surface area contributed by atoms with Gasteiger partial charge in [-0.05, 0) is 134 Å². The number of phenolic OH excluding ortho intramolecular Hbond substituents is 2. The zero-order valence-electron chi connectivity index (χ0n) is 34.0. The molecule has 0 amide bonds. The van der Waals surface area contributed by atoms with Gasteiger partial charge in [0, 0.05) is 49.8 Å². The molecule has 0 bridgehead atoms. The molecule has 292 valence electrons. The van der Waals surface area contributed by atoms with Gasteiger partial charge in [-0.3, -0.25) is 0 Å². The van der Waals surface area contributed by atoms with Crippen LogP contribution < -0.4 is 9.47 Å². The van der Waals surface area contributed by atoms with Crippen LogP contribution in [0.2, 0.25) is 0 Å². The van der Waals surface area contributed by atoms with E-state index >= 15 is 0 Å². The number of benzene rings is 4. The zero-order chi connectivity index (χ0) is 40.0. The van der Waals surface area contributed by atoms with Crippen LogP contribution in [0, 0.1) is 27.7 Å². The smallest absolute Gasteiger partial charge is 0.508 e. The maximum Gasteiger partial charge on any atom is 0.705 e. The molecule has 0 saturated heterocycles. The van der Waals surface area contributed by atoms with Crippen LogP contribution in [0.1, 0.15) is 126 Å². The van der Waals surface area contributed by atoms with Crippen LogP contribution in [0.4, 0.5) is 0 Å². The van der Waals surface area contributed by atoms with E-state index in [9.17, 15) is 14.8 Å². The SMILES string of the molecule is CCC(CC)(Oc1cc(C)c(Sc2ccc(O)c(C(C)C)c2)c(C)c1)O[P+](=O)OC(CC)(CC)Oc1cc(C)c(Sc2ccc(O)c(C(C)C)c2)c(C)c1. The Kier molecular flexibility index (Phi) is 15.0. The van der Waals surface area contributed by atoms with Gasteiger partial charge in [-0.1, -0.05) is 88.0 Å². The second-order valence-electron chi connectivity index (χ2n) is 14.6. The molecule has 0 spiro atoms. The van der Waals surface area contributed by atoms with Gasteiger partial charge >= 0.3 is 8.25 Å². The molecule has 0 aliphatic heterocycles. The number of hydrogen-bond donors (Lipinski definition) is 2. The predicted molar refractivity (Wildman–Crippen MR) is 222 cm³/mol. The average Bonchev–Trinajstić information content (AvgIpc) is 3.11. The highest BCUT2D eigenvalue weighted by Gasteiger charge is 2.48. The van der Waals surface area contributed by atoms with E-state index in [1.165, 1.54) is 0 Å². The van der Waals surface area contributed by atoms with Gasteiger partial charge in [0.1, 0.15) is 23.0 Å². The highest BCUT2D eigenvalue weighted by atomic mass is 32.2. The van der Waals surface area contributed by atoms with E-state index in [4.69, 9.17) is 18.5 Å². The van der Waals surface area contributed by atoms with Gasteiger partial charge in [-0.15, -0.1) is 0 Å². The molecule has 2 N–H and O–H groups in total. The predicted octanol–water partition coefficient (Wildman–Crippen LogP) is 14.1. The molecular weight excluding hydrogens is 736 g/mol. The van der Waals surface area contributed by atoms with Gasteiger partial charge in [-0.2, -0.15) is 0 Å². The Labute approximate surface area is 332 Å². The second-order valence-corrected chi connectivity index (χ2v) is 17.6. The summed E-state index contributed by atoms with van der Waals surface area (Å²) in [6.45, 7) is 24.3. The minimum Gasteiger partial charge on any atom is -0.508 e. The number of hydrogen-bond acceptors (Lipinski definition) is 9. The molecule has 4 aromatic carbocycles. The van der Waals surface area contributed by atoms with E-state index < -0.39 is 19.8 Å². The van der Waals surface area contributed by atoms with Gasteiger partial charge in [0.2, 0.25) is 0 Å². The third-order valence-corrected chi connectivity index (χ3v) is 13.4. The fraction of sp³-hybridized carbons (Fsp3) is 0.455. The van der Waals surface area contributed by atoms with Crippen molar-refractivity contribution in [3.8, 4) is 23.0 Å². The monoisotopic (exact) mass is 793 g/mol. The Balaban J connectivity index is 1.50. The molecule has 0 unspecified atom stereocenters. The van der Waals surface area contributed by atoms with Crippen LogP contribution in [-0.2, 0) is 13.6 Å². The van der Waals surface area contributed by atoms with Crippen molar-refractivity contribution >= 4 is 31.8 Å². The molecule has 0 fully saturated rings. The first-order chi connectivity index (χ1) is 25.5. The molecule has 0 radical (unpaired) electrons. The summed E-state index contributed by atoms with van der Waals surface area (Å²) in [6.07, 6.45) is 1.77. The van der Waals surface area contributed by atoms with Crippen molar-refractivity contribution < 1.29 is 33.3 Å². The number of aryl methyl sites for hydroxylation is 4. The van der Waals surface area contributed by atoms with Crippen LogP contribution in [0.3, 0.4) is 0 Å². The second kappa shape index (κ2) is 18.6. The van der Waals surface area contributed by atoms with E-state index in [2.05, 4.69) is 55.4 Å². The Morgan fingerprint density at radius 3 is 1.17 bits per heavy atom. The van der Waals surface area contributed by atoms with Gasteiger partial charge < -0.3 is 19.7 Å². The molecule has 4 aromatic rings. The van der Waals surface area contributed by atoms with Crippen molar-refractivity contribution in [3.63, 3.8) is 0 Å².